The molecule has 5 heteroatoms. The number of nitrogens with zero attached hydrogens (tertiary/aromatic N) is 1. The largest absolute Gasteiger partial charge is 0.396 e. The van der Waals surface area contributed by atoms with Crippen LogP contribution in [0.5, 0.6) is 0 Å². The highest BCUT2D eigenvalue weighted by Gasteiger charge is 2.31. The number of anilines is 1. The Morgan fingerprint density at radius 3 is 2.83 bits per heavy atom. The molecule has 0 bridgehead atoms. The van der Waals surface area contributed by atoms with Crippen LogP contribution in [0.25, 0.3) is 0 Å². The number of likely N-dealkylation sites (N-methyl/N-ethyl adjacent to an activating group) is 1. The van der Waals surface area contributed by atoms with Crippen LogP contribution >= 0.6 is 0 Å². The molecule has 0 spiro atoms. The van der Waals surface area contributed by atoms with E-state index >= 15 is 0 Å². The molecule has 1 heterocycles. The van der Waals surface area contributed by atoms with Gasteiger partial charge in [-0.15, -0.1) is 0 Å². The summed E-state index contributed by atoms with van der Waals surface area (Å²) in [4.78, 5) is 13.9. The number of hydrogen-bond acceptors (Lipinski definition) is 3. The minimum absolute atomic E-state index is 0.00929. The van der Waals surface area contributed by atoms with Gasteiger partial charge in [0.2, 0.25) is 0 Å². The highest BCUT2D eigenvalue weighted by molar-refractivity contribution is 5.95. The summed E-state index contributed by atoms with van der Waals surface area (Å²) in [6.07, 6.45) is 0.844. The number of amides is 1. The predicted molar refractivity (Wildman–Crippen MR) is 66.7 cm³/mol. The van der Waals surface area contributed by atoms with Gasteiger partial charge < -0.3 is 15.4 Å². The van der Waals surface area contributed by atoms with Crippen LogP contribution in [0.4, 0.5) is 10.1 Å². The number of halogens is 1. The third-order valence-corrected chi connectivity index (χ3v) is 3.40. The first-order chi connectivity index (χ1) is 8.50. The average Bonchev–Trinajstić information content (AvgIpc) is 2.77. The van der Waals surface area contributed by atoms with Crippen molar-refractivity contribution in [3.63, 3.8) is 0 Å². The smallest absolute Gasteiger partial charge is 0.254 e. The fraction of sp³-hybridized carbons (Fsp3) is 0.462. The molecule has 0 aromatic heterocycles. The monoisotopic (exact) mass is 252 g/mol. The van der Waals surface area contributed by atoms with Crippen LogP contribution in [0.3, 0.4) is 0 Å². The summed E-state index contributed by atoms with van der Waals surface area (Å²) in [7, 11) is 1.73. The topological polar surface area (TPSA) is 55.6 Å². The average molecular weight is 252 g/mol. The lowest BCUT2D eigenvalue weighted by Crippen LogP contribution is -2.41. The van der Waals surface area contributed by atoms with Gasteiger partial charge in [-0.05, 0) is 31.5 Å². The molecule has 1 aromatic carbocycles. The fourth-order valence-electron chi connectivity index (χ4n) is 2.26. The molecular weight excluding hydrogens is 235 g/mol. The number of hydrogen-bond donors (Lipinski definition) is 1. The molecule has 2 rings (SSSR count). The van der Waals surface area contributed by atoms with Crippen molar-refractivity contribution >= 4 is 11.6 Å². The van der Waals surface area contributed by atoms with Crippen LogP contribution in [-0.2, 0) is 4.74 Å². The molecule has 2 N–H and O–H groups in total. The first-order valence-electron chi connectivity index (χ1n) is 5.94. The highest BCUT2D eigenvalue weighted by Crippen LogP contribution is 2.21. The Labute approximate surface area is 106 Å². The van der Waals surface area contributed by atoms with Crippen LogP contribution in [0.2, 0.25) is 0 Å². The van der Waals surface area contributed by atoms with Gasteiger partial charge in [0.1, 0.15) is 5.82 Å². The van der Waals surface area contributed by atoms with E-state index in [-0.39, 0.29) is 23.7 Å². The lowest BCUT2D eigenvalue weighted by molar-refractivity contribution is 0.0574. The third kappa shape index (κ3) is 2.31. The van der Waals surface area contributed by atoms with Gasteiger partial charge >= 0.3 is 0 Å². The van der Waals surface area contributed by atoms with E-state index in [2.05, 4.69) is 0 Å². The second-order valence-corrected chi connectivity index (χ2v) is 4.58. The van der Waals surface area contributed by atoms with Crippen molar-refractivity contribution in [2.45, 2.75) is 25.5 Å². The van der Waals surface area contributed by atoms with Gasteiger partial charge in [0.15, 0.2) is 0 Å². The van der Waals surface area contributed by atoms with Crippen molar-refractivity contribution in [3.05, 3.63) is 29.6 Å². The molecular formula is C13H17FN2O2. The maximum absolute atomic E-state index is 13.1. The molecule has 4 nitrogen and oxygen atoms in total. The fourth-order valence-corrected chi connectivity index (χ4v) is 2.26. The van der Waals surface area contributed by atoms with E-state index in [0.29, 0.717) is 12.2 Å². The van der Waals surface area contributed by atoms with E-state index in [1.54, 1.807) is 11.9 Å². The number of rotatable bonds is 2. The first-order valence-corrected chi connectivity index (χ1v) is 5.94. The molecule has 18 heavy (non-hydrogen) atoms. The van der Waals surface area contributed by atoms with E-state index < -0.39 is 5.82 Å². The Kier molecular flexibility index (Phi) is 3.52. The van der Waals surface area contributed by atoms with Crippen molar-refractivity contribution in [1.82, 2.24) is 4.90 Å². The molecule has 2 atom stereocenters. The van der Waals surface area contributed by atoms with Gasteiger partial charge in [-0.3, -0.25) is 4.79 Å². The molecule has 2 unspecified atom stereocenters. The maximum Gasteiger partial charge on any atom is 0.254 e. The van der Waals surface area contributed by atoms with E-state index in [1.807, 2.05) is 6.92 Å². The zero-order valence-electron chi connectivity index (χ0n) is 10.5. The summed E-state index contributed by atoms with van der Waals surface area (Å²) in [5.41, 5.74) is 5.86. The van der Waals surface area contributed by atoms with E-state index in [9.17, 15) is 9.18 Å². The van der Waals surface area contributed by atoms with Crippen LogP contribution in [0.15, 0.2) is 18.2 Å². The number of ether oxygens (including phenoxy) is 1. The number of benzene rings is 1. The van der Waals surface area contributed by atoms with Crippen LogP contribution < -0.4 is 5.73 Å². The van der Waals surface area contributed by atoms with Crippen molar-refractivity contribution < 1.29 is 13.9 Å². The summed E-state index contributed by atoms with van der Waals surface area (Å²) in [6.45, 7) is 2.61. The van der Waals surface area contributed by atoms with Gasteiger partial charge in [0, 0.05) is 19.2 Å². The van der Waals surface area contributed by atoms with E-state index in [4.69, 9.17) is 10.5 Å². The molecule has 1 saturated heterocycles. The van der Waals surface area contributed by atoms with Crippen molar-refractivity contribution in [1.29, 1.82) is 0 Å². The second kappa shape index (κ2) is 4.94. The van der Waals surface area contributed by atoms with Crippen LogP contribution in [-0.4, -0.2) is 36.6 Å². The number of nitrogens with two attached hydrogens (primary N) is 1. The first kappa shape index (κ1) is 12.8. The summed E-state index contributed by atoms with van der Waals surface area (Å²) < 4.78 is 18.5. The highest BCUT2D eigenvalue weighted by atomic mass is 19.1. The lowest BCUT2D eigenvalue weighted by atomic mass is 10.1. The standard InChI is InChI=1S/C13H17FN2O2/c1-8-12(5-6-18-8)16(2)13(17)9-3-4-10(14)11(15)7-9/h3-4,7-8,12H,5-6,15H2,1-2H3. The van der Waals surface area contributed by atoms with Crippen molar-refractivity contribution in [3.8, 4) is 0 Å². The molecule has 0 radical (unpaired) electrons. The molecule has 0 aliphatic carbocycles. The van der Waals surface area contributed by atoms with Gasteiger partial charge in [-0.1, -0.05) is 0 Å². The van der Waals surface area contributed by atoms with Crippen molar-refractivity contribution in [2.24, 2.45) is 0 Å². The van der Waals surface area contributed by atoms with E-state index in [0.717, 1.165) is 6.42 Å². The molecule has 0 saturated carbocycles. The molecule has 1 aliphatic heterocycles. The van der Waals surface area contributed by atoms with Gasteiger partial charge in [0.25, 0.3) is 5.91 Å². The zero-order valence-corrected chi connectivity index (χ0v) is 10.5. The van der Waals surface area contributed by atoms with Gasteiger partial charge in [-0.25, -0.2) is 4.39 Å². The Bertz CT molecular complexity index is 464. The zero-order chi connectivity index (χ0) is 13.3. The van der Waals surface area contributed by atoms with E-state index in [1.165, 1.54) is 18.2 Å². The summed E-state index contributed by atoms with van der Waals surface area (Å²) in [6, 6.07) is 4.09. The number of nitrogen functional groups attached to an aromatic ring is 1. The number of carbonyl (C=O) groups is 1. The minimum Gasteiger partial charge on any atom is -0.396 e. The molecule has 98 valence electrons. The van der Waals surface area contributed by atoms with Gasteiger partial charge in [-0.2, -0.15) is 0 Å². The quantitative estimate of drug-likeness (QED) is 0.814. The lowest BCUT2D eigenvalue weighted by Gasteiger charge is -2.26. The Morgan fingerprint density at radius 2 is 2.28 bits per heavy atom. The molecule has 1 aromatic rings. The van der Waals surface area contributed by atoms with Crippen LogP contribution in [0, 0.1) is 5.82 Å². The Balaban J connectivity index is 2.17. The molecule has 1 amide bonds. The normalized spacial score (nSPS) is 23.1. The summed E-state index contributed by atoms with van der Waals surface area (Å²) >= 11 is 0. The molecule has 1 aliphatic rings. The molecule has 1 fully saturated rings. The maximum atomic E-state index is 13.1. The van der Waals surface area contributed by atoms with Gasteiger partial charge in [0.05, 0.1) is 17.8 Å². The summed E-state index contributed by atoms with van der Waals surface area (Å²) in [5.74, 6) is -0.671. The predicted octanol–water partition coefficient (Wildman–Crippen LogP) is 1.66. The number of carbonyl (C=O) groups excluding carboxylic acids is 1. The minimum atomic E-state index is -0.508. The van der Waals surface area contributed by atoms with Crippen LogP contribution in [0.1, 0.15) is 23.7 Å². The summed E-state index contributed by atoms with van der Waals surface area (Å²) in [5, 5.41) is 0. The SMILES string of the molecule is CC1OCCC1N(C)C(=O)c1ccc(F)c(N)c1. The third-order valence-electron chi connectivity index (χ3n) is 3.40. The Morgan fingerprint density at radius 1 is 1.56 bits per heavy atom. The second-order valence-electron chi connectivity index (χ2n) is 4.58. The Hall–Kier alpha value is -1.62. The van der Waals surface area contributed by atoms with Crippen molar-refractivity contribution in [2.75, 3.05) is 19.4 Å².